The molecule has 0 amide bonds. The van der Waals surface area contributed by atoms with Crippen molar-refractivity contribution in [2.45, 2.75) is 46.0 Å². The highest BCUT2D eigenvalue weighted by Gasteiger charge is 2.37. The van der Waals surface area contributed by atoms with Crippen molar-refractivity contribution in [2.75, 3.05) is 0 Å². The molecule has 88 valence electrons. The van der Waals surface area contributed by atoms with E-state index in [9.17, 15) is 4.79 Å². The number of carbonyl (C=O) groups excluding carboxylic acids is 1. The normalized spacial score (nSPS) is 30.0. The van der Waals surface area contributed by atoms with Crippen LogP contribution in [0.2, 0.25) is 0 Å². The Kier molecular flexibility index (Phi) is 2.69. The number of carbonyl (C=O) groups is 1. The molecule has 0 bridgehead atoms. The fraction of sp³-hybridized carbons (Fsp3) is 0.643. The highest BCUT2D eigenvalue weighted by molar-refractivity contribution is 5.98. The van der Waals surface area contributed by atoms with Crippen LogP contribution in [0.4, 0.5) is 0 Å². The molecule has 1 fully saturated rings. The van der Waals surface area contributed by atoms with Crippen molar-refractivity contribution in [3.05, 3.63) is 23.4 Å². The number of nitrogens with two attached hydrogens (primary N) is 1. The predicted molar refractivity (Wildman–Crippen MR) is 65.7 cm³/mol. The van der Waals surface area contributed by atoms with Crippen molar-refractivity contribution in [1.29, 1.82) is 0 Å². The van der Waals surface area contributed by atoms with Gasteiger partial charge in [-0.3, -0.25) is 4.79 Å². The Hall–Kier alpha value is -1.05. The van der Waals surface area contributed by atoms with Gasteiger partial charge >= 0.3 is 0 Å². The summed E-state index contributed by atoms with van der Waals surface area (Å²) in [6.45, 7) is 8.29. The predicted octanol–water partition coefficient (Wildman–Crippen LogP) is 2.94. The molecule has 0 spiro atoms. The second kappa shape index (κ2) is 3.76. The standard InChI is InChI=1S/C14H21NO/c1-9-5-4-6-10(9)13-11(15)7-14(2,3)8-12(13)16/h10H,1,4-8,15H2,2-3H3. The number of allylic oxidation sites excluding steroid dienone is 3. The van der Waals surface area contributed by atoms with Gasteiger partial charge in [0.2, 0.25) is 0 Å². The lowest BCUT2D eigenvalue weighted by atomic mass is 9.72. The Morgan fingerprint density at radius 3 is 2.56 bits per heavy atom. The van der Waals surface area contributed by atoms with E-state index in [1.165, 1.54) is 5.57 Å². The summed E-state index contributed by atoms with van der Waals surface area (Å²) in [7, 11) is 0. The van der Waals surface area contributed by atoms with E-state index in [0.29, 0.717) is 6.42 Å². The lowest BCUT2D eigenvalue weighted by Gasteiger charge is -2.32. The van der Waals surface area contributed by atoms with Gasteiger partial charge in [-0.2, -0.15) is 0 Å². The molecule has 0 aliphatic heterocycles. The van der Waals surface area contributed by atoms with Gasteiger partial charge in [0.25, 0.3) is 0 Å². The van der Waals surface area contributed by atoms with Crippen molar-refractivity contribution >= 4 is 5.78 Å². The Morgan fingerprint density at radius 1 is 1.38 bits per heavy atom. The van der Waals surface area contributed by atoms with Crippen LogP contribution < -0.4 is 5.73 Å². The van der Waals surface area contributed by atoms with Gasteiger partial charge in [-0.15, -0.1) is 0 Å². The van der Waals surface area contributed by atoms with E-state index in [1.807, 2.05) is 0 Å². The zero-order valence-electron chi connectivity index (χ0n) is 10.3. The van der Waals surface area contributed by atoms with Gasteiger partial charge in [-0.1, -0.05) is 26.0 Å². The molecule has 0 saturated heterocycles. The van der Waals surface area contributed by atoms with Gasteiger partial charge in [0.05, 0.1) is 0 Å². The minimum Gasteiger partial charge on any atom is -0.402 e. The van der Waals surface area contributed by atoms with Crippen LogP contribution in [0.15, 0.2) is 23.4 Å². The zero-order chi connectivity index (χ0) is 11.9. The van der Waals surface area contributed by atoms with Crippen molar-refractivity contribution in [3.8, 4) is 0 Å². The molecule has 1 atom stereocenters. The molecule has 16 heavy (non-hydrogen) atoms. The first kappa shape index (κ1) is 11.4. The van der Waals surface area contributed by atoms with Gasteiger partial charge in [-0.25, -0.2) is 0 Å². The van der Waals surface area contributed by atoms with E-state index in [4.69, 9.17) is 5.73 Å². The monoisotopic (exact) mass is 219 g/mol. The van der Waals surface area contributed by atoms with Gasteiger partial charge in [0.1, 0.15) is 0 Å². The topological polar surface area (TPSA) is 43.1 Å². The van der Waals surface area contributed by atoms with Gasteiger partial charge in [0, 0.05) is 23.6 Å². The fourth-order valence-electron chi connectivity index (χ4n) is 3.06. The van der Waals surface area contributed by atoms with E-state index in [-0.39, 0.29) is 17.1 Å². The highest BCUT2D eigenvalue weighted by Crippen LogP contribution is 2.43. The van der Waals surface area contributed by atoms with Crippen LogP contribution in [-0.2, 0) is 4.79 Å². The first-order valence-electron chi connectivity index (χ1n) is 6.10. The molecule has 0 radical (unpaired) electrons. The van der Waals surface area contributed by atoms with Crippen molar-refractivity contribution < 1.29 is 4.79 Å². The maximum absolute atomic E-state index is 12.2. The summed E-state index contributed by atoms with van der Waals surface area (Å²) in [5.41, 5.74) is 9.04. The number of Topliss-reactive ketones (excluding diaryl/α,β-unsaturated/α-hetero) is 1. The van der Waals surface area contributed by atoms with Crippen LogP contribution in [0.1, 0.15) is 46.0 Å². The van der Waals surface area contributed by atoms with E-state index in [0.717, 1.165) is 37.0 Å². The molecule has 0 aromatic carbocycles. The van der Waals surface area contributed by atoms with E-state index in [1.54, 1.807) is 0 Å². The summed E-state index contributed by atoms with van der Waals surface area (Å²) >= 11 is 0. The van der Waals surface area contributed by atoms with Crippen molar-refractivity contribution in [2.24, 2.45) is 17.1 Å². The quantitative estimate of drug-likeness (QED) is 0.689. The van der Waals surface area contributed by atoms with Crippen LogP contribution >= 0.6 is 0 Å². The molecule has 0 aromatic rings. The third kappa shape index (κ3) is 1.93. The molecule has 0 aromatic heterocycles. The molecule has 1 saturated carbocycles. The number of hydrogen-bond acceptors (Lipinski definition) is 2. The molecule has 0 heterocycles. The van der Waals surface area contributed by atoms with Crippen LogP contribution in [0, 0.1) is 11.3 Å². The Labute approximate surface area is 97.6 Å². The molecule has 2 aliphatic rings. The third-order valence-corrected chi connectivity index (χ3v) is 3.79. The first-order chi connectivity index (χ1) is 7.41. The first-order valence-corrected chi connectivity index (χ1v) is 6.10. The van der Waals surface area contributed by atoms with Crippen molar-refractivity contribution in [3.63, 3.8) is 0 Å². The summed E-state index contributed by atoms with van der Waals surface area (Å²) in [5, 5.41) is 0. The van der Waals surface area contributed by atoms with Crippen molar-refractivity contribution in [1.82, 2.24) is 0 Å². The molecule has 2 N–H and O–H groups in total. The molecule has 2 heteroatoms. The molecule has 2 rings (SSSR count). The Morgan fingerprint density at radius 2 is 2.06 bits per heavy atom. The van der Waals surface area contributed by atoms with E-state index < -0.39 is 0 Å². The third-order valence-electron chi connectivity index (χ3n) is 3.79. The average molecular weight is 219 g/mol. The summed E-state index contributed by atoms with van der Waals surface area (Å²) in [6.07, 6.45) is 4.74. The van der Waals surface area contributed by atoms with Gasteiger partial charge in [0.15, 0.2) is 5.78 Å². The summed E-state index contributed by atoms with van der Waals surface area (Å²) in [6, 6.07) is 0. The Bertz CT molecular complexity index is 376. The lowest BCUT2D eigenvalue weighted by Crippen LogP contribution is -2.31. The minimum atomic E-state index is 0.0323. The van der Waals surface area contributed by atoms with Crippen LogP contribution in [0.5, 0.6) is 0 Å². The number of rotatable bonds is 1. The van der Waals surface area contributed by atoms with E-state index >= 15 is 0 Å². The van der Waals surface area contributed by atoms with Gasteiger partial charge < -0.3 is 5.73 Å². The molecule has 2 nitrogen and oxygen atoms in total. The highest BCUT2D eigenvalue weighted by atomic mass is 16.1. The summed E-state index contributed by atoms with van der Waals surface area (Å²) < 4.78 is 0. The van der Waals surface area contributed by atoms with E-state index in [2.05, 4.69) is 20.4 Å². The summed E-state index contributed by atoms with van der Waals surface area (Å²) in [5.74, 6) is 0.505. The second-order valence-electron chi connectivity index (χ2n) is 5.98. The zero-order valence-corrected chi connectivity index (χ0v) is 10.3. The average Bonchev–Trinajstić information content (AvgIpc) is 2.48. The smallest absolute Gasteiger partial charge is 0.161 e. The largest absolute Gasteiger partial charge is 0.402 e. The molecular weight excluding hydrogens is 198 g/mol. The molecule has 1 unspecified atom stereocenters. The maximum atomic E-state index is 12.2. The van der Waals surface area contributed by atoms with Crippen LogP contribution in [0.3, 0.4) is 0 Å². The lowest BCUT2D eigenvalue weighted by molar-refractivity contribution is -0.118. The van der Waals surface area contributed by atoms with Crippen LogP contribution in [0.25, 0.3) is 0 Å². The minimum absolute atomic E-state index is 0.0323. The van der Waals surface area contributed by atoms with Gasteiger partial charge in [-0.05, 0) is 31.1 Å². The number of ketones is 1. The second-order valence-corrected chi connectivity index (χ2v) is 5.98. The summed E-state index contributed by atoms with van der Waals surface area (Å²) in [4.78, 5) is 12.2. The number of hydrogen-bond donors (Lipinski definition) is 1. The SMILES string of the molecule is C=C1CCCC1C1=C(N)CC(C)(C)CC1=O. The fourth-order valence-corrected chi connectivity index (χ4v) is 3.06. The van der Waals surface area contributed by atoms with Crippen LogP contribution in [-0.4, -0.2) is 5.78 Å². The molecular formula is C14H21NO. The Balaban J connectivity index is 2.32. The molecule has 2 aliphatic carbocycles. The maximum Gasteiger partial charge on any atom is 0.161 e.